The number of para-hydroxylation sites is 1. The molecule has 26 heavy (non-hydrogen) atoms. The first-order valence-electron chi connectivity index (χ1n) is 8.50. The van der Waals surface area contributed by atoms with Gasteiger partial charge in [0, 0.05) is 31.6 Å². The number of hydrogen-bond acceptors (Lipinski definition) is 6. The molecule has 0 bridgehead atoms. The summed E-state index contributed by atoms with van der Waals surface area (Å²) in [5.74, 6) is 1.79. The Balaban J connectivity index is 1.39. The van der Waals surface area contributed by atoms with Crippen LogP contribution in [0.1, 0.15) is 0 Å². The minimum Gasteiger partial charge on any atom is -0.353 e. The Morgan fingerprint density at radius 1 is 0.885 bits per heavy atom. The average Bonchev–Trinajstić information content (AvgIpc) is 3.15. The monoisotopic (exact) mass is 365 g/mol. The number of aromatic nitrogens is 5. The molecule has 1 fully saturated rings. The third-order valence-corrected chi connectivity index (χ3v) is 4.89. The predicted molar refractivity (Wildman–Crippen MR) is 103 cm³/mol. The number of H-pyrrole nitrogens is 1. The summed E-state index contributed by atoms with van der Waals surface area (Å²) >= 11 is 6.06. The summed E-state index contributed by atoms with van der Waals surface area (Å²) in [6.07, 6.45) is 1.62. The number of aromatic amines is 1. The molecule has 0 amide bonds. The van der Waals surface area contributed by atoms with Crippen LogP contribution >= 0.6 is 11.6 Å². The largest absolute Gasteiger partial charge is 0.353 e. The number of hydrogen-bond donors (Lipinski definition) is 1. The minimum atomic E-state index is 0.232. The Bertz CT molecular complexity index is 1090. The lowest BCUT2D eigenvalue weighted by atomic mass is 10.2. The van der Waals surface area contributed by atoms with Crippen molar-refractivity contribution in [2.75, 3.05) is 36.0 Å². The van der Waals surface area contributed by atoms with Crippen LogP contribution in [-0.2, 0) is 0 Å². The second kappa shape index (κ2) is 6.10. The van der Waals surface area contributed by atoms with Gasteiger partial charge in [-0.3, -0.25) is 0 Å². The van der Waals surface area contributed by atoms with Gasteiger partial charge in [-0.15, -0.1) is 0 Å². The van der Waals surface area contributed by atoms with Crippen molar-refractivity contribution in [3.8, 4) is 0 Å². The Hall–Kier alpha value is -2.93. The number of piperazine rings is 1. The van der Waals surface area contributed by atoms with Crippen molar-refractivity contribution in [3.05, 3.63) is 48.0 Å². The van der Waals surface area contributed by atoms with Gasteiger partial charge in [0.15, 0.2) is 17.0 Å². The van der Waals surface area contributed by atoms with Crippen molar-refractivity contribution in [2.45, 2.75) is 0 Å². The molecule has 0 saturated carbocycles. The van der Waals surface area contributed by atoms with Gasteiger partial charge in [0.1, 0.15) is 5.82 Å². The van der Waals surface area contributed by atoms with Gasteiger partial charge in [-0.25, -0.2) is 9.97 Å². The van der Waals surface area contributed by atoms with E-state index in [1.165, 1.54) is 0 Å². The number of nitrogens with one attached hydrogen (secondary N) is 1. The second-order valence-corrected chi connectivity index (χ2v) is 6.59. The molecule has 1 N–H and O–H groups in total. The first-order valence-corrected chi connectivity index (χ1v) is 8.88. The number of fused-ring (bicyclic) bond motifs is 2. The smallest absolute Gasteiger partial charge is 0.226 e. The van der Waals surface area contributed by atoms with E-state index >= 15 is 0 Å². The maximum Gasteiger partial charge on any atom is 0.226 e. The maximum absolute atomic E-state index is 6.06. The highest BCUT2D eigenvalue weighted by Crippen LogP contribution is 2.25. The molecule has 5 rings (SSSR count). The molecule has 130 valence electrons. The van der Waals surface area contributed by atoms with Crippen LogP contribution in [0.3, 0.4) is 0 Å². The average molecular weight is 366 g/mol. The number of imidazole rings is 1. The topological polar surface area (TPSA) is 73.8 Å². The summed E-state index contributed by atoms with van der Waals surface area (Å²) in [6, 6.07) is 12.4. The fourth-order valence-corrected chi connectivity index (χ4v) is 3.56. The van der Waals surface area contributed by atoms with E-state index in [1.54, 1.807) is 6.33 Å². The SMILES string of the molecule is Clc1nc(N2CCN(c3ccc4ccccc4n3)CC2)c2nc[nH]c2n1. The van der Waals surface area contributed by atoms with Gasteiger partial charge in [-0.2, -0.15) is 9.97 Å². The quantitative estimate of drug-likeness (QED) is 0.551. The van der Waals surface area contributed by atoms with E-state index in [1.807, 2.05) is 18.2 Å². The van der Waals surface area contributed by atoms with Crippen LogP contribution in [0.2, 0.25) is 5.28 Å². The molecule has 8 heteroatoms. The molecule has 0 radical (unpaired) electrons. The molecule has 1 saturated heterocycles. The van der Waals surface area contributed by atoms with Gasteiger partial charge in [-0.05, 0) is 29.8 Å². The zero-order valence-corrected chi connectivity index (χ0v) is 14.7. The van der Waals surface area contributed by atoms with Crippen molar-refractivity contribution in [2.24, 2.45) is 0 Å². The number of rotatable bonds is 2. The van der Waals surface area contributed by atoms with E-state index in [9.17, 15) is 0 Å². The van der Waals surface area contributed by atoms with Gasteiger partial charge >= 0.3 is 0 Å². The number of halogens is 1. The summed E-state index contributed by atoms with van der Waals surface area (Å²) in [6.45, 7) is 3.37. The second-order valence-electron chi connectivity index (χ2n) is 6.25. The molecule has 4 heterocycles. The minimum absolute atomic E-state index is 0.232. The molecular weight excluding hydrogens is 350 g/mol. The van der Waals surface area contributed by atoms with Crippen molar-refractivity contribution in [3.63, 3.8) is 0 Å². The van der Waals surface area contributed by atoms with Crippen LogP contribution in [0.15, 0.2) is 42.7 Å². The molecule has 4 aromatic rings. The highest BCUT2D eigenvalue weighted by molar-refractivity contribution is 6.28. The molecule has 0 atom stereocenters. The highest BCUT2D eigenvalue weighted by atomic mass is 35.5. The Kier molecular flexibility index (Phi) is 3.60. The van der Waals surface area contributed by atoms with Crippen LogP contribution in [-0.4, -0.2) is 51.1 Å². The lowest BCUT2D eigenvalue weighted by Crippen LogP contribution is -2.47. The Labute approximate surface area is 154 Å². The number of anilines is 2. The summed E-state index contributed by atoms with van der Waals surface area (Å²) in [4.78, 5) is 25.2. The first-order chi connectivity index (χ1) is 12.8. The molecule has 0 spiro atoms. The number of benzene rings is 1. The standard InChI is InChI=1S/C18H16ClN7/c19-18-23-16-15(20-11-21-16)17(24-18)26-9-7-25(8-10-26)14-6-5-12-3-1-2-4-13(12)22-14/h1-6,11H,7-10H2,(H,20,21,23,24). The van der Waals surface area contributed by atoms with E-state index in [0.29, 0.717) is 5.65 Å². The van der Waals surface area contributed by atoms with E-state index < -0.39 is 0 Å². The van der Waals surface area contributed by atoms with Gasteiger partial charge in [0.05, 0.1) is 11.8 Å². The Morgan fingerprint density at radius 2 is 1.69 bits per heavy atom. The first kappa shape index (κ1) is 15.3. The van der Waals surface area contributed by atoms with Crippen LogP contribution in [0.4, 0.5) is 11.6 Å². The number of pyridine rings is 1. The van der Waals surface area contributed by atoms with Crippen LogP contribution in [0, 0.1) is 0 Å². The van der Waals surface area contributed by atoms with E-state index in [4.69, 9.17) is 16.6 Å². The lowest BCUT2D eigenvalue weighted by molar-refractivity contribution is 0.643. The zero-order chi connectivity index (χ0) is 17.5. The Morgan fingerprint density at radius 3 is 2.58 bits per heavy atom. The summed E-state index contributed by atoms with van der Waals surface area (Å²) in [5, 5.41) is 1.39. The van der Waals surface area contributed by atoms with Crippen molar-refractivity contribution in [1.29, 1.82) is 0 Å². The van der Waals surface area contributed by atoms with E-state index in [0.717, 1.165) is 54.2 Å². The molecule has 3 aromatic heterocycles. The van der Waals surface area contributed by atoms with Gasteiger partial charge < -0.3 is 14.8 Å². The molecule has 7 nitrogen and oxygen atoms in total. The summed E-state index contributed by atoms with van der Waals surface area (Å²) < 4.78 is 0. The molecule has 0 aliphatic carbocycles. The fourth-order valence-electron chi connectivity index (χ4n) is 3.39. The van der Waals surface area contributed by atoms with Crippen molar-refractivity contribution in [1.82, 2.24) is 24.9 Å². The van der Waals surface area contributed by atoms with E-state index in [-0.39, 0.29) is 5.28 Å². The van der Waals surface area contributed by atoms with Crippen LogP contribution in [0.5, 0.6) is 0 Å². The fraction of sp³-hybridized carbons (Fsp3) is 0.222. The van der Waals surface area contributed by atoms with Gasteiger partial charge in [0.25, 0.3) is 0 Å². The van der Waals surface area contributed by atoms with Crippen LogP contribution in [0.25, 0.3) is 22.1 Å². The molecule has 1 aliphatic heterocycles. The molecule has 1 aliphatic rings. The molecule has 0 unspecified atom stereocenters. The zero-order valence-electron chi connectivity index (χ0n) is 13.9. The van der Waals surface area contributed by atoms with Gasteiger partial charge in [-0.1, -0.05) is 18.2 Å². The predicted octanol–water partition coefficient (Wildman–Crippen LogP) is 2.88. The van der Waals surface area contributed by atoms with Crippen molar-refractivity contribution >= 4 is 45.3 Å². The third-order valence-electron chi connectivity index (χ3n) is 4.72. The maximum atomic E-state index is 6.06. The van der Waals surface area contributed by atoms with Crippen molar-refractivity contribution < 1.29 is 0 Å². The highest BCUT2D eigenvalue weighted by Gasteiger charge is 2.22. The number of nitrogens with zero attached hydrogens (tertiary/aromatic N) is 6. The summed E-state index contributed by atoms with van der Waals surface area (Å²) in [7, 11) is 0. The molecular formula is C18H16ClN7. The third kappa shape index (κ3) is 2.61. The normalized spacial score (nSPS) is 15.1. The molecule has 1 aromatic carbocycles. The van der Waals surface area contributed by atoms with Gasteiger partial charge in [0.2, 0.25) is 5.28 Å². The van der Waals surface area contributed by atoms with Crippen LogP contribution < -0.4 is 9.80 Å². The summed E-state index contributed by atoms with van der Waals surface area (Å²) in [5.41, 5.74) is 2.44. The lowest BCUT2D eigenvalue weighted by Gasteiger charge is -2.36. The van der Waals surface area contributed by atoms with E-state index in [2.05, 4.69) is 47.9 Å².